The minimum Gasteiger partial charge on any atom is -0.309 e. The van der Waals surface area contributed by atoms with E-state index in [0.29, 0.717) is 13.1 Å². The first kappa shape index (κ1) is 15.3. The molecule has 0 unspecified atom stereocenters. The Bertz CT molecular complexity index is 571. The van der Waals surface area contributed by atoms with Crippen molar-refractivity contribution in [1.29, 1.82) is 0 Å². The summed E-state index contributed by atoms with van der Waals surface area (Å²) in [6, 6.07) is 15.1. The maximum Gasteiger partial charge on any atom is 0.416 e. The minimum atomic E-state index is -4.27. The Morgan fingerprint density at radius 2 is 1.57 bits per heavy atom. The largest absolute Gasteiger partial charge is 0.416 e. The van der Waals surface area contributed by atoms with Gasteiger partial charge in [0.15, 0.2) is 0 Å². The molecule has 0 spiro atoms. The number of benzene rings is 2. The van der Waals surface area contributed by atoms with E-state index in [1.54, 1.807) is 0 Å². The Labute approximate surface area is 122 Å². The number of rotatable bonds is 5. The highest BCUT2D eigenvalue weighted by Crippen LogP contribution is 2.28. The Morgan fingerprint density at radius 1 is 0.905 bits per heavy atom. The second-order valence-electron chi connectivity index (χ2n) is 4.64. The molecule has 21 heavy (non-hydrogen) atoms. The second kappa shape index (κ2) is 7.09. The molecule has 4 heteroatoms. The molecule has 0 aromatic heterocycles. The van der Waals surface area contributed by atoms with Crippen molar-refractivity contribution in [2.75, 3.05) is 6.54 Å². The molecule has 0 saturated heterocycles. The van der Waals surface area contributed by atoms with Crippen LogP contribution in [-0.4, -0.2) is 6.54 Å². The van der Waals surface area contributed by atoms with Gasteiger partial charge in [0.2, 0.25) is 0 Å². The van der Waals surface area contributed by atoms with Crippen LogP contribution >= 0.6 is 0 Å². The van der Waals surface area contributed by atoms with Gasteiger partial charge in [-0.3, -0.25) is 0 Å². The van der Waals surface area contributed by atoms with Crippen molar-refractivity contribution in [2.45, 2.75) is 12.7 Å². The van der Waals surface area contributed by atoms with E-state index in [1.807, 2.05) is 42.5 Å². The lowest BCUT2D eigenvalue weighted by Gasteiger charge is -2.07. The van der Waals surface area contributed by atoms with Crippen LogP contribution in [0.2, 0.25) is 0 Å². The first-order valence-electron chi connectivity index (χ1n) is 6.64. The molecular formula is C17H16F3N. The van der Waals surface area contributed by atoms with Crippen molar-refractivity contribution in [3.63, 3.8) is 0 Å². The smallest absolute Gasteiger partial charge is 0.309 e. The SMILES string of the molecule is FC(F)(F)c1ccc(CNCC=Cc2ccccc2)cc1. The molecule has 2 rings (SSSR count). The predicted octanol–water partition coefficient (Wildman–Crippen LogP) is 4.51. The van der Waals surface area contributed by atoms with E-state index in [2.05, 4.69) is 5.32 Å². The fraction of sp³-hybridized carbons (Fsp3) is 0.176. The molecule has 2 aromatic carbocycles. The zero-order chi connectivity index (χ0) is 15.1. The summed E-state index contributed by atoms with van der Waals surface area (Å²) in [7, 11) is 0. The van der Waals surface area contributed by atoms with Crippen LogP contribution < -0.4 is 5.32 Å². The molecule has 0 radical (unpaired) electrons. The van der Waals surface area contributed by atoms with Crippen LogP contribution in [0.5, 0.6) is 0 Å². The van der Waals surface area contributed by atoms with Gasteiger partial charge in [-0.05, 0) is 23.3 Å². The topological polar surface area (TPSA) is 12.0 Å². The van der Waals surface area contributed by atoms with Crippen LogP contribution in [-0.2, 0) is 12.7 Å². The van der Waals surface area contributed by atoms with Gasteiger partial charge in [-0.25, -0.2) is 0 Å². The average molecular weight is 291 g/mol. The van der Waals surface area contributed by atoms with Gasteiger partial charge in [-0.2, -0.15) is 13.2 Å². The Balaban J connectivity index is 1.77. The van der Waals surface area contributed by atoms with Crippen LogP contribution in [0, 0.1) is 0 Å². The van der Waals surface area contributed by atoms with Gasteiger partial charge in [0.25, 0.3) is 0 Å². The summed E-state index contributed by atoms with van der Waals surface area (Å²) in [6.07, 6.45) is -0.288. The van der Waals surface area contributed by atoms with Crippen LogP contribution in [0.15, 0.2) is 60.7 Å². The van der Waals surface area contributed by atoms with E-state index in [4.69, 9.17) is 0 Å². The third-order valence-electron chi connectivity index (χ3n) is 2.98. The van der Waals surface area contributed by atoms with Crippen LogP contribution in [0.3, 0.4) is 0 Å². The van der Waals surface area contributed by atoms with Crippen molar-refractivity contribution in [3.8, 4) is 0 Å². The van der Waals surface area contributed by atoms with Gasteiger partial charge >= 0.3 is 6.18 Å². The summed E-state index contributed by atoms with van der Waals surface area (Å²) in [4.78, 5) is 0. The standard InChI is InChI=1S/C17H16F3N/c18-17(19,20)16-10-8-15(9-11-16)13-21-12-4-7-14-5-2-1-3-6-14/h1-11,21H,12-13H2. The highest BCUT2D eigenvalue weighted by Gasteiger charge is 2.29. The van der Waals surface area contributed by atoms with E-state index in [1.165, 1.54) is 12.1 Å². The summed E-state index contributed by atoms with van der Waals surface area (Å²) in [5.41, 5.74) is 1.33. The molecule has 1 N–H and O–H groups in total. The maximum atomic E-state index is 12.4. The third-order valence-corrected chi connectivity index (χ3v) is 2.98. The second-order valence-corrected chi connectivity index (χ2v) is 4.64. The number of hydrogen-bond acceptors (Lipinski definition) is 1. The van der Waals surface area contributed by atoms with Gasteiger partial charge in [0, 0.05) is 13.1 Å². The summed E-state index contributed by atoms with van der Waals surface area (Å²) in [6.45, 7) is 1.20. The molecule has 0 fully saturated rings. The molecule has 2 aromatic rings. The molecule has 0 aliphatic rings. The molecule has 0 amide bonds. The monoisotopic (exact) mass is 291 g/mol. The summed E-state index contributed by atoms with van der Waals surface area (Å²) in [5.74, 6) is 0. The molecule has 0 saturated carbocycles. The summed E-state index contributed by atoms with van der Waals surface area (Å²) in [5, 5.41) is 3.16. The zero-order valence-corrected chi connectivity index (χ0v) is 11.4. The van der Waals surface area contributed by atoms with Gasteiger partial charge in [0.1, 0.15) is 0 Å². The number of halogens is 3. The summed E-state index contributed by atoms with van der Waals surface area (Å²) < 4.78 is 37.2. The number of alkyl halides is 3. The first-order valence-corrected chi connectivity index (χ1v) is 6.64. The highest BCUT2D eigenvalue weighted by atomic mass is 19.4. The number of nitrogens with one attached hydrogen (secondary N) is 1. The van der Waals surface area contributed by atoms with Crippen LogP contribution in [0.25, 0.3) is 6.08 Å². The van der Waals surface area contributed by atoms with Gasteiger partial charge in [0.05, 0.1) is 5.56 Å². The summed E-state index contributed by atoms with van der Waals surface area (Å²) >= 11 is 0. The third kappa shape index (κ3) is 5.08. The van der Waals surface area contributed by atoms with Crippen molar-refractivity contribution >= 4 is 6.08 Å². The fourth-order valence-electron chi connectivity index (χ4n) is 1.87. The minimum absolute atomic E-state index is 0.539. The van der Waals surface area contributed by atoms with E-state index in [-0.39, 0.29) is 0 Å². The Morgan fingerprint density at radius 3 is 2.19 bits per heavy atom. The van der Waals surface area contributed by atoms with Gasteiger partial charge in [-0.15, -0.1) is 0 Å². The Kier molecular flexibility index (Phi) is 5.17. The molecule has 110 valence electrons. The highest BCUT2D eigenvalue weighted by molar-refractivity contribution is 5.48. The molecular weight excluding hydrogens is 275 g/mol. The molecule has 1 nitrogen and oxygen atoms in total. The lowest BCUT2D eigenvalue weighted by Crippen LogP contribution is -2.13. The van der Waals surface area contributed by atoms with E-state index in [9.17, 15) is 13.2 Å². The van der Waals surface area contributed by atoms with Gasteiger partial charge < -0.3 is 5.32 Å². The number of hydrogen-bond donors (Lipinski definition) is 1. The molecule has 0 atom stereocenters. The van der Waals surface area contributed by atoms with Crippen molar-refractivity contribution < 1.29 is 13.2 Å². The zero-order valence-electron chi connectivity index (χ0n) is 11.4. The fourth-order valence-corrected chi connectivity index (χ4v) is 1.87. The van der Waals surface area contributed by atoms with Crippen molar-refractivity contribution in [1.82, 2.24) is 5.32 Å². The van der Waals surface area contributed by atoms with E-state index in [0.717, 1.165) is 23.3 Å². The first-order chi connectivity index (χ1) is 10.1. The van der Waals surface area contributed by atoms with Crippen molar-refractivity contribution in [2.24, 2.45) is 0 Å². The average Bonchev–Trinajstić information content (AvgIpc) is 2.47. The Hall–Kier alpha value is -2.07. The molecule has 0 aliphatic heterocycles. The lowest BCUT2D eigenvalue weighted by molar-refractivity contribution is -0.137. The van der Waals surface area contributed by atoms with Crippen molar-refractivity contribution in [3.05, 3.63) is 77.4 Å². The quantitative estimate of drug-likeness (QED) is 0.799. The molecule has 0 bridgehead atoms. The van der Waals surface area contributed by atoms with E-state index >= 15 is 0 Å². The lowest BCUT2D eigenvalue weighted by atomic mass is 10.1. The van der Waals surface area contributed by atoms with Crippen LogP contribution in [0.4, 0.5) is 13.2 Å². The van der Waals surface area contributed by atoms with Crippen LogP contribution in [0.1, 0.15) is 16.7 Å². The maximum absolute atomic E-state index is 12.4. The molecule has 0 heterocycles. The molecule has 0 aliphatic carbocycles. The van der Waals surface area contributed by atoms with Gasteiger partial charge in [-0.1, -0.05) is 54.6 Å². The predicted molar refractivity (Wildman–Crippen MR) is 78.6 cm³/mol. The van der Waals surface area contributed by atoms with E-state index < -0.39 is 11.7 Å². The normalized spacial score (nSPS) is 12.0.